The van der Waals surface area contributed by atoms with Gasteiger partial charge in [-0.05, 0) is 25.9 Å². The smallest absolute Gasteiger partial charge is 0.0493 e. The zero-order valence-corrected chi connectivity index (χ0v) is 7.58. The maximum Gasteiger partial charge on any atom is 0.0493 e. The second kappa shape index (κ2) is 5.51. The second-order valence-electron chi connectivity index (χ2n) is 3.59. The van der Waals surface area contributed by atoms with Gasteiger partial charge in [-0.2, -0.15) is 0 Å². The molecule has 3 nitrogen and oxygen atoms in total. The summed E-state index contributed by atoms with van der Waals surface area (Å²) in [4.78, 5) is 2.33. The zero-order valence-electron chi connectivity index (χ0n) is 7.58. The first-order valence-electron chi connectivity index (χ1n) is 4.81. The van der Waals surface area contributed by atoms with E-state index in [2.05, 4.69) is 4.90 Å². The molecule has 0 bridgehead atoms. The molecule has 1 aliphatic rings. The van der Waals surface area contributed by atoms with Crippen LogP contribution in [0.4, 0.5) is 0 Å². The van der Waals surface area contributed by atoms with Gasteiger partial charge >= 0.3 is 0 Å². The van der Waals surface area contributed by atoms with Gasteiger partial charge in [0.1, 0.15) is 0 Å². The van der Waals surface area contributed by atoms with E-state index in [4.69, 9.17) is 10.2 Å². The average molecular weight is 173 g/mol. The lowest BCUT2D eigenvalue weighted by molar-refractivity contribution is 0.101. The van der Waals surface area contributed by atoms with Crippen LogP contribution in [0.2, 0.25) is 0 Å². The van der Waals surface area contributed by atoms with Crippen molar-refractivity contribution in [3.63, 3.8) is 0 Å². The number of likely N-dealkylation sites (tertiary alicyclic amines) is 1. The Hall–Kier alpha value is -0.120. The second-order valence-corrected chi connectivity index (χ2v) is 3.59. The number of aliphatic hydroxyl groups excluding tert-OH is 2. The van der Waals surface area contributed by atoms with E-state index in [0.29, 0.717) is 0 Å². The van der Waals surface area contributed by atoms with Gasteiger partial charge in [-0.1, -0.05) is 6.42 Å². The molecule has 0 spiro atoms. The Bertz CT molecular complexity index is 109. The lowest BCUT2D eigenvalue weighted by Crippen LogP contribution is -2.36. The lowest BCUT2D eigenvalue weighted by atomic mass is 10.1. The summed E-state index contributed by atoms with van der Waals surface area (Å²) in [7, 11) is 0. The molecular weight excluding hydrogens is 154 g/mol. The van der Waals surface area contributed by atoms with Crippen molar-refractivity contribution in [3.05, 3.63) is 0 Å². The molecule has 0 aromatic carbocycles. The highest BCUT2D eigenvalue weighted by Crippen LogP contribution is 2.10. The maximum atomic E-state index is 8.87. The molecule has 1 saturated heterocycles. The Labute approximate surface area is 74.0 Å². The predicted octanol–water partition coefficient (Wildman–Crippen LogP) is 0.0731. The minimum Gasteiger partial charge on any atom is -0.396 e. The van der Waals surface area contributed by atoms with E-state index in [9.17, 15) is 0 Å². The summed E-state index contributed by atoms with van der Waals surface area (Å²) < 4.78 is 0. The predicted molar refractivity (Wildman–Crippen MR) is 48.0 cm³/mol. The molecule has 0 atom stereocenters. The van der Waals surface area contributed by atoms with E-state index in [1.54, 1.807) is 0 Å². The molecule has 1 heterocycles. The van der Waals surface area contributed by atoms with E-state index in [-0.39, 0.29) is 19.1 Å². The monoisotopic (exact) mass is 173 g/mol. The number of hydrogen-bond acceptors (Lipinski definition) is 3. The minimum atomic E-state index is 0.0584. The van der Waals surface area contributed by atoms with Gasteiger partial charge in [0.15, 0.2) is 0 Å². The van der Waals surface area contributed by atoms with Crippen LogP contribution in [0, 0.1) is 5.92 Å². The molecule has 1 aliphatic heterocycles. The fourth-order valence-electron chi connectivity index (χ4n) is 1.68. The Balaban J connectivity index is 2.18. The summed E-state index contributed by atoms with van der Waals surface area (Å²) in [5.41, 5.74) is 0. The molecule has 0 saturated carbocycles. The van der Waals surface area contributed by atoms with Crippen molar-refractivity contribution in [1.29, 1.82) is 0 Å². The summed E-state index contributed by atoms with van der Waals surface area (Å²) in [5.74, 6) is 0.0584. The molecule has 3 heteroatoms. The van der Waals surface area contributed by atoms with Crippen molar-refractivity contribution in [2.45, 2.75) is 19.3 Å². The van der Waals surface area contributed by atoms with Crippen LogP contribution in [0.1, 0.15) is 19.3 Å². The summed E-state index contributed by atoms with van der Waals surface area (Å²) in [6, 6.07) is 0. The van der Waals surface area contributed by atoms with Crippen molar-refractivity contribution in [2.75, 3.05) is 32.8 Å². The Morgan fingerprint density at radius 2 is 1.58 bits per heavy atom. The molecule has 12 heavy (non-hydrogen) atoms. The van der Waals surface area contributed by atoms with Crippen LogP contribution in [0.3, 0.4) is 0 Å². The van der Waals surface area contributed by atoms with E-state index in [1.165, 1.54) is 19.3 Å². The number of piperidine rings is 1. The van der Waals surface area contributed by atoms with Crippen molar-refractivity contribution in [3.8, 4) is 0 Å². The molecule has 1 rings (SSSR count). The fraction of sp³-hybridized carbons (Fsp3) is 1.00. The van der Waals surface area contributed by atoms with Gasteiger partial charge in [0, 0.05) is 25.7 Å². The maximum absolute atomic E-state index is 8.87. The molecule has 0 aliphatic carbocycles. The number of rotatable bonds is 4. The highest BCUT2D eigenvalue weighted by atomic mass is 16.3. The third-order valence-electron chi connectivity index (χ3n) is 2.48. The standard InChI is InChI=1S/C9H19NO2/c11-7-9(8-12)6-10-4-2-1-3-5-10/h9,11-12H,1-8H2. The molecule has 0 unspecified atom stereocenters. The Kier molecular flexibility index (Phi) is 4.58. The van der Waals surface area contributed by atoms with Crippen LogP contribution < -0.4 is 0 Å². The van der Waals surface area contributed by atoms with Crippen LogP contribution in [-0.4, -0.2) is 48.0 Å². The van der Waals surface area contributed by atoms with Crippen LogP contribution in [0.5, 0.6) is 0 Å². The Morgan fingerprint density at radius 1 is 1.00 bits per heavy atom. The summed E-state index contributed by atoms with van der Waals surface area (Å²) in [6.07, 6.45) is 3.87. The fourth-order valence-corrected chi connectivity index (χ4v) is 1.68. The van der Waals surface area contributed by atoms with Crippen LogP contribution in [-0.2, 0) is 0 Å². The Morgan fingerprint density at radius 3 is 2.08 bits per heavy atom. The SMILES string of the molecule is OCC(CO)CN1CCCCC1. The lowest BCUT2D eigenvalue weighted by Gasteiger charge is -2.28. The first-order valence-corrected chi connectivity index (χ1v) is 4.81. The van der Waals surface area contributed by atoms with E-state index in [0.717, 1.165) is 19.6 Å². The first-order chi connectivity index (χ1) is 5.86. The molecule has 1 fully saturated rings. The topological polar surface area (TPSA) is 43.7 Å². The van der Waals surface area contributed by atoms with Crippen molar-refractivity contribution >= 4 is 0 Å². The van der Waals surface area contributed by atoms with E-state index < -0.39 is 0 Å². The van der Waals surface area contributed by atoms with Crippen molar-refractivity contribution < 1.29 is 10.2 Å². The average Bonchev–Trinajstić information content (AvgIpc) is 2.16. The van der Waals surface area contributed by atoms with Gasteiger partial charge in [0.2, 0.25) is 0 Å². The molecule has 0 aromatic rings. The quantitative estimate of drug-likeness (QED) is 0.632. The molecule has 72 valence electrons. The van der Waals surface area contributed by atoms with Gasteiger partial charge in [0.05, 0.1) is 0 Å². The van der Waals surface area contributed by atoms with Gasteiger partial charge in [-0.3, -0.25) is 0 Å². The summed E-state index contributed by atoms with van der Waals surface area (Å²) in [6.45, 7) is 3.33. The molecular formula is C9H19NO2. The van der Waals surface area contributed by atoms with Crippen LogP contribution in [0.15, 0.2) is 0 Å². The number of aliphatic hydroxyl groups is 2. The van der Waals surface area contributed by atoms with Gasteiger partial charge < -0.3 is 15.1 Å². The summed E-state index contributed by atoms with van der Waals surface area (Å²) >= 11 is 0. The minimum absolute atomic E-state index is 0.0584. The van der Waals surface area contributed by atoms with Crippen LogP contribution in [0.25, 0.3) is 0 Å². The van der Waals surface area contributed by atoms with Crippen LogP contribution >= 0.6 is 0 Å². The summed E-state index contributed by atoms with van der Waals surface area (Å²) in [5, 5.41) is 17.7. The number of nitrogens with zero attached hydrogens (tertiary/aromatic N) is 1. The van der Waals surface area contributed by atoms with Crippen molar-refractivity contribution in [2.24, 2.45) is 5.92 Å². The van der Waals surface area contributed by atoms with Crippen molar-refractivity contribution in [1.82, 2.24) is 4.90 Å². The number of hydrogen-bond donors (Lipinski definition) is 2. The molecule has 0 amide bonds. The third kappa shape index (κ3) is 3.09. The van der Waals surface area contributed by atoms with Gasteiger partial charge in [-0.15, -0.1) is 0 Å². The normalized spacial score (nSPS) is 20.2. The zero-order chi connectivity index (χ0) is 8.81. The third-order valence-corrected chi connectivity index (χ3v) is 2.48. The molecule has 0 aromatic heterocycles. The van der Waals surface area contributed by atoms with E-state index >= 15 is 0 Å². The molecule has 2 N–H and O–H groups in total. The molecule has 0 radical (unpaired) electrons. The van der Waals surface area contributed by atoms with Gasteiger partial charge in [-0.25, -0.2) is 0 Å². The van der Waals surface area contributed by atoms with E-state index in [1.807, 2.05) is 0 Å². The first kappa shape index (κ1) is 9.96. The largest absolute Gasteiger partial charge is 0.396 e. The highest BCUT2D eigenvalue weighted by molar-refractivity contribution is 4.68. The van der Waals surface area contributed by atoms with Gasteiger partial charge in [0.25, 0.3) is 0 Å². The highest BCUT2D eigenvalue weighted by Gasteiger charge is 2.14.